The van der Waals surface area contributed by atoms with E-state index in [1.807, 2.05) is 30.3 Å². The summed E-state index contributed by atoms with van der Waals surface area (Å²) in [7, 11) is 1.50. The van der Waals surface area contributed by atoms with Gasteiger partial charge >= 0.3 is 0 Å². The summed E-state index contributed by atoms with van der Waals surface area (Å²) in [5.74, 6) is 1.13. The van der Waals surface area contributed by atoms with Gasteiger partial charge in [0, 0.05) is 0 Å². The van der Waals surface area contributed by atoms with E-state index in [0.717, 1.165) is 5.75 Å². The van der Waals surface area contributed by atoms with Crippen LogP contribution in [0, 0.1) is 5.82 Å². The second-order valence-electron chi connectivity index (χ2n) is 2.87. The molecule has 2 rings (SSSR count). The summed E-state index contributed by atoms with van der Waals surface area (Å²) in [6, 6.07) is 15.3. The van der Waals surface area contributed by atoms with Gasteiger partial charge in [-0.2, -0.15) is 0 Å². The lowest BCUT2D eigenvalue weighted by atomic mass is 10.3. The number of nitrogens with two attached hydrogens (primary N) is 1. The fourth-order valence-corrected chi connectivity index (χ4v) is 1.13. The van der Waals surface area contributed by atoms with Crippen molar-refractivity contribution >= 4 is 0 Å². The van der Waals surface area contributed by atoms with E-state index in [-0.39, 0.29) is 5.82 Å². The third-order valence-corrected chi connectivity index (χ3v) is 1.79. The number of hydrogen-bond acceptors (Lipinski definition) is 2. The number of benzene rings is 2. The highest BCUT2D eigenvalue weighted by molar-refractivity contribution is 5.30. The van der Waals surface area contributed by atoms with Gasteiger partial charge in [0.25, 0.3) is 0 Å². The summed E-state index contributed by atoms with van der Waals surface area (Å²) >= 11 is 0. The Bertz CT molecular complexity index is 400. The largest absolute Gasteiger partial charge is 0.457 e. The topological polar surface area (TPSA) is 35.2 Å². The van der Waals surface area contributed by atoms with Crippen LogP contribution in [0.15, 0.2) is 54.6 Å². The Morgan fingerprint density at radius 1 is 0.812 bits per heavy atom. The molecule has 0 aliphatic rings. The van der Waals surface area contributed by atoms with Gasteiger partial charge in [-0.25, -0.2) is 4.39 Å². The van der Waals surface area contributed by atoms with Crippen molar-refractivity contribution in [2.75, 3.05) is 7.05 Å². The number of rotatable bonds is 2. The Kier molecular flexibility index (Phi) is 5.02. The molecule has 2 nitrogen and oxygen atoms in total. The third-order valence-electron chi connectivity index (χ3n) is 1.79. The minimum Gasteiger partial charge on any atom is -0.457 e. The quantitative estimate of drug-likeness (QED) is 0.841. The maximum atomic E-state index is 12.6. The Balaban J connectivity index is 0.000000606. The van der Waals surface area contributed by atoms with Gasteiger partial charge < -0.3 is 10.5 Å². The molecular weight excluding hydrogens is 205 g/mol. The maximum Gasteiger partial charge on any atom is 0.127 e. The van der Waals surface area contributed by atoms with Gasteiger partial charge in [0.1, 0.15) is 17.3 Å². The van der Waals surface area contributed by atoms with Crippen LogP contribution in [0.25, 0.3) is 0 Å². The minimum absolute atomic E-state index is 0.259. The number of para-hydroxylation sites is 1. The third kappa shape index (κ3) is 3.71. The lowest BCUT2D eigenvalue weighted by Gasteiger charge is -2.04. The summed E-state index contributed by atoms with van der Waals surface area (Å²) < 4.78 is 18.0. The monoisotopic (exact) mass is 219 g/mol. The molecule has 2 aromatic carbocycles. The van der Waals surface area contributed by atoms with E-state index in [1.54, 1.807) is 12.1 Å². The first-order chi connectivity index (χ1) is 7.84. The fourth-order valence-electron chi connectivity index (χ4n) is 1.13. The van der Waals surface area contributed by atoms with E-state index in [2.05, 4.69) is 5.73 Å². The van der Waals surface area contributed by atoms with Crippen molar-refractivity contribution in [2.24, 2.45) is 5.73 Å². The SMILES string of the molecule is CN.Fc1ccc(Oc2ccccc2)cc1. The Morgan fingerprint density at radius 3 is 1.88 bits per heavy atom. The van der Waals surface area contributed by atoms with Crippen LogP contribution in [0.4, 0.5) is 4.39 Å². The average molecular weight is 219 g/mol. The van der Waals surface area contributed by atoms with Crippen LogP contribution in [0.2, 0.25) is 0 Å². The predicted molar refractivity (Wildman–Crippen MR) is 63.0 cm³/mol. The molecule has 3 heteroatoms. The molecule has 0 bridgehead atoms. The van der Waals surface area contributed by atoms with Gasteiger partial charge in [-0.05, 0) is 43.4 Å². The molecule has 84 valence electrons. The summed E-state index contributed by atoms with van der Waals surface area (Å²) in [4.78, 5) is 0. The number of halogens is 1. The molecule has 0 unspecified atom stereocenters. The summed E-state index contributed by atoms with van der Waals surface area (Å²) in [6.07, 6.45) is 0. The zero-order valence-corrected chi connectivity index (χ0v) is 9.06. The summed E-state index contributed by atoms with van der Waals surface area (Å²) in [5, 5.41) is 0. The lowest BCUT2D eigenvalue weighted by Crippen LogP contribution is -1.83. The number of ether oxygens (including phenoxy) is 1. The molecular formula is C13H14FNO. The summed E-state index contributed by atoms with van der Waals surface area (Å²) in [6.45, 7) is 0. The van der Waals surface area contributed by atoms with E-state index >= 15 is 0 Å². The first-order valence-corrected chi connectivity index (χ1v) is 4.91. The van der Waals surface area contributed by atoms with Crippen molar-refractivity contribution < 1.29 is 9.13 Å². The maximum absolute atomic E-state index is 12.6. The van der Waals surface area contributed by atoms with Crippen LogP contribution >= 0.6 is 0 Å². The van der Waals surface area contributed by atoms with E-state index in [4.69, 9.17) is 4.74 Å². The van der Waals surface area contributed by atoms with Gasteiger partial charge in [0.15, 0.2) is 0 Å². The lowest BCUT2D eigenvalue weighted by molar-refractivity contribution is 0.480. The van der Waals surface area contributed by atoms with E-state index < -0.39 is 0 Å². The van der Waals surface area contributed by atoms with Crippen molar-refractivity contribution in [1.82, 2.24) is 0 Å². The zero-order chi connectivity index (χ0) is 11.8. The molecule has 0 heterocycles. The molecule has 2 N–H and O–H groups in total. The van der Waals surface area contributed by atoms with Crippen LogP contribution in [0.3, 0.4) is 0 Å². The van der Waals surface area contributed by atoms with Gasteiger partial charge in [0.2, 0.25) is 0 Å². The highest BCUT2D eigenvalue weighted by Gasteiger charge is 1.95. The normalized spacial score (nSPS) is 8.94. The Labute approximate surface area is 94.5 Å². The van der Waals surface area contributed by atoms with Gasteiger partial charge in [-0.3, -0.25) is 0 Å². The highest BCUT2D eigenvalue weighted by atomic mass is 19.1. The molecule has 0 atom stereocenters. The van der Waals surface area contributed by atoms with Gasteiger partial charge in [-0.15, -0.1) is 0 Å². The minimum atomic E-state index is -0.259. The Morgan fingerprint density at radius 2 is 1.31 bits per heavy atom. The molecule has 0 radical (unpaired) electrons. The zero-order valence-electron chi connectivity index (χ0n) is 9.06. The first-order valence-electron chi connectivity index (χ1n) is 4.91. The number of hydrogen-bond donors (Lipinski definition) is 1. The van der Waals surface area contributed by atoms with Crippen LogP contribution < -0.4 is 10.5 Å². The molecule has 0 fully saturated rings. The molecule has 0 saturated carbocycles. The van der Waals surface area contributed by atoms with Crippen molar-refractivity contribution in [3.63, 3.8) is 0 Å². The van der Waals surface area contributed by atoms with Crippen LogP contribution in [0.1, 0.15) is 0 Å². The second kappa shape index (κ2) is 6.58. The summed E-state index contributed by atoms with van der Waals surface area (Å²) in [5.41, 5.74) is 4.50. The second-order valence-corrected chi connectivity index (χ2v) is 2.87. The molecule has 0 aliphatic heterocycles. The smallest absolute Gasteiger partial charge is 0.127 e. The van der Waals surface area contributed by atoms with Crippen molar-refractivity contribution in [3.05, 3.63) is 60.4 Å². The highest BCUT2D eigenvalue weighted by Crippen LogP contribution is 2.20. The molecule has 0 amide bonds. The molecule has 0 aromatic heterocycles. The van der Waals surface area contributed by atoms with Gasteiger partial charge in [-0.1, -0.05) is 18.2 Å². The Hall–Kier alpha value is -1.87. The first kappa shape index (κ1) is 12.2. The van der Waals surface area contributed by atoms with Crippen LogP contribution in [-0.4, -0.2) is 7.05 Å². The van der Waals surface area contributed by atoms with Crippen molar-refractivity contribution in [3.8, 4) is 11.5 Å². The molecule has 0 aliphatic carbocycles. The van der Waals surface area contributed by atoms with E-state index in [9.17, 15) is 4.39 Å². The molecule has 16 heavy (non-hydrogen) atoms. The fraction of sp³-hybridized carbons (Fsp3) is 0.0769. The standard InChI is InChI=1S/C12H9FO.CH5N/c13-10-6-8-12(9-7-10)14-11-4-2-1-3-5-11;1-2/h1-9H;2H2,1H3. The molecule has 0 saturated heterocycles. The van der Waals surface area contributed by atoms with Crippen molar-refractivity contribution in [2.45, 2.75) is 0 Å². The predicted octanol–water partition coefficient (Wildman–Crippen LogP) is 3.19. The van der Waals surface area contributed by atoms with E-state index in [0.29, 0.717) is 5.75 Å². The van der Waals surface area contributed by atoms with E-state index in [1.165, 1.54) is 19.2 Å². The molecule has 0 spiro atoms. The van der Waals surface area contributed by atoms with Crippen molar-refractivity contribution in [1.29, 1.82) is 0 Å². The average Bonchev–Trinajstić information content (AvgIpc) is 2.36. The molecule has 2 aromatic rings. The van der Waals surface area contributed by atoms with Crippen LogP contribution in [0.5, 0.6) is 11.5 Å². The van der Waals surface area contributed by atoms with Gasteiger partial charge in [0.05, 0.1) is 0 Å². The van der Waals surface area contributed by atoms with Crippen LogP contribution in [-0.2, 0) is 0 Å².